The van der Waals surface area contributed by atoms with Gasteiger partial charge in [0.15, 0.2) is 0 Å². The molecule has 0 aliphatic carbocycles. The van der Waals surface area contributed by atoms with Crippen LogP contribution in [0.25, 0.3) is 0 Å². The van der Waals surface area contributed by atoms with Gasteiger partial charge < -0.3 is 5.32 Å². The first kappa shape index (κ1) is 13.1. The number of nitrogens with zero attached hydrogens (tertiary/aromatic N) is 2. The Balaban J connectivity index is 1.99. The van der Waals surface area contributed by atoms with Crippen LogP contribution in [-0.2, 0) is 0 Å². The monoisotopic (exact) mass is 316 g/mol. The van der Waals surface area contributed by atoms with Crippen molar-refractivity contribution in [3.8, 4) is 6.07 Å². The van der Waals surface area contributed by atoms with Crippen LogP contribution in [0, 0.1) is 11.3 Å². The standard InChI is InChI=1S/C13H9BrN4O/c14-11-2-1-3-12(17-11)18-13(19)16-10-6-4-9(8-15)5-7-10/h1-7H,(H2,16,17,18,19). The SMILES string of the molecule is N#Cc1ccc(NC(=O)Nc2cccc(Br)n2)cc1. The number of pyridine rings is 1. The number of nitriles is 1. The summed E-state index contributed by atoms with van der Waals surface area (Å²) in [5, 5.41) is 13.9. The summed E-state index contributed by atoms with van der Waals surface area (Å²) in [4.78, 5) is 15.8. The van der Waals surface area contributed by atoms with Gasteiger partial charge in [-0.25, -0.2) is 9.78 Å². The van der Waals surface area contributed by atoms with Gasteiger partial charge in [-0.15, -0.1) is 0 Å². The average Bonchev–Trinajstić information content (AvgIpc) is 2.39. The lowest BCUT2D eigenvalue weighted by molar-refractivity contribution is 0.262. The topological polar surface area (TPSA) is 77.8 Å². The number of halogens is 1. The first-order valence-electron chi connectivity index (χ1n) is 5.38. The van der Waals surface area contributed by atoms with Crippen molar-refractivity contribution in [3.05, 3.63) is 52.6 Å². The van der Waals surface area contributed by atoms with E-state index < -0.39 is 6.03 Å². The Labute approximate surface area is 118 Å². The third-order valence-corrected chi connectivity index (χ3v) is 2.67. The van der Waals surface area contributed by atoms with E-state index in [1.54, 1.807) is 42.5 Å². The van der Waals surface area contributed by atoms with Gasteiger partial charge in [-0.3, -0.25) is 5.32 Å². The number of benzene rings is 1. The third kappa shape index (κ3) is 3.79. The van der Waals surface area contributed by atoms with E-state index >= 15 is 0 Å². The van der Waals surface area contributed by atoms with Crippen molar-refractivity contribution in [2.45, 2.75) is 0 Å². The van der Waals surface area contributed by atoms with Gasteiger partial charge in [0.1, 0.15) is 10.4 Å². The minimum atomic E-state index is -0.393. The number of hydrogen-bond donors (Lipinski definition) is 2. The first-order chi connectivity index (χ1) is 9.17. The molecule has 2 amide bonds. The molecular weight excluding hydrogens is 308 g/mol. The maximum Gasteiger partial charge on any atom is 0.324 e. The second kappa shape index (κ2) is 5.98. The van der Waals surface area contributed by atoms with Gasteiger partial charge in [-0.2, -0.15) is 5.26 Å². The van der Waals surface area contributed by atoms with Gasteiger partial charge in [0.25, 0.3) is 0 Å². The number of rotatable bonds is 2. The summed E-state index contributed by atoms with van der Waals surface area (Å²) in [6.07, 6.45) is 0. The van der Waals surface area contributed by atoms with E-state index in [2.05, 4.69) is 31.5 Å². The maximum absolute atomic E-state index is 11.7. The number of anilines is 2. The van der Waals surface area contributed by atoms with E-state index in [9.17, 15) is 4.79 Å². The van der Waals surface area contributed by atoms with Crippen molar-refractivity contribution < 1.29 is 4.79 Å². The van der Waals surface area contributed by atoms with E-state index in [1.165, 1.54) is 0 Å². The number of aromatic nitrogens is 1. The molecule has 1 heterocycles. The molecule has 2 rings (SSSR count). The molecule has 19 heavy (non-hydrogen) atoms. The van der Waals surface area contributed by atoms with Crippen molar-refractivity contribution in [1.29, 1.82) is 5.26 Å². The predicted octanol–water partition coefficient (Wildman–Crippen LogP) is 3.36. The van der Waals surface area contributed by atoms with Crippen LogP contribution in [-0.4, -0.2) is 11.0 Å². The van der Waals surface area contributed by atoms with E-state index in [1.807, 2.05) is 6.07 Å². The van der Waals surface area contributed by atoms with Crippen LogP contribution in [0.4, 0.5) is 16.3 Å². The summed E-state index contributed by atoms with van der Waals surface area (Å²) in [6.45, 7) is 0. The van der Waals surface area contributed by atoms with Crippen molar-refractivity contribution in [2.24, 2.45) is 0 Å². The number of nitrogens with one attached hydrogen (secondary N) is 2. The highest BCUT2D eigenvalue weighted by Gasteiger charge is 2.03. The molecule has 5 nitrogen and oxygen atoms in total. The second-order valence-electron chi connectivity index (χ2n) is 3.61. The van der Waals surface area contributed by atoms with Crippen LogP contribution in [0.3, 0.4) is 0 Å². The highest BCUT2D eigenvalue weighted by atomic mass is 79.9. The third-order valence-electron chi connectivity index (χ3n) is 2.23. The van der Waals surface area contributed by atoms with Crippen LogP contribution in [0.2, 0.25) is 0 Å². The maximum atomic E-state index is 11.7. The Hall–Kier alpha value is -2.39. The molecule has 0 saturated heterocycles. The van der Waals surface area contributed by atoms with Gasteiger partial charge in [0.2, 0.25) is 0 Å². The lowest BCUT2D eigenvalue weighted by atomic mass is 10.2. The lowest BCUT2D eigenvalue weighted by Gasteiger charge is -2.07. The number of hydrogen-bond acceptors (Lipinski definition) is 3. The number of carbonyl (C=O) groups is 1. The minimum Gasteiger partial charge on any atom is -0.308 e. The Morgan fingerprint density at radius 3 is 2.53 bits per heavy atom. The van der Waals surface area contributed by atoms with Gasteiger partial charge >= 0.3 is 6.03 Å². The summed E-state index contributed by atoms with van der Waals surface area (Å²) < 4.78 is 0.642. The molecule has 0 fully saturated rings. The molecule has 0 bridgehead atoms. The molecule has 0 spiro atoms. The molecule has 6 heteroatoms. The van der Waals surface area contributed by atoms with Crippen LogP contribution >= 0.6 is 15.9 Å². The quantitative estimate of drug-likeness (QED) is 0.834. The van der Waals surface area contributed by atoms with Gasteiger partial charge in [0.05, 0.1) is 11.6 Å². The number of carbonyl (C=O) groups excluding carboxylic acids is 1. The molecule has 1 aromatic heterocycles. The minimum absolute atomic E-state index is 0.393. The predicted molar refractivity (Wildman–Crippen MR) is 75.7 cm³/mol. The van der Waals surface area contributed by atoms with Crippen LogP contribution in [0.1, 0.15) is 5.56 Å². The van der Waals surface area contributed by atoms with E-state index in [-0.39, 0.29) is 0 Å². The summed E-state index contributed by atoms with van der Waals surface area (Å²) >= 11 is 3.22. The molecule has 0 saturated carbocycles. The summed E-state index contributed by atoms with van der Waals surface area (Å²) in [7, 11) is 0. The zero-order chi connectivity index (χ0) is 13.7. The number of amides is 2. The Bertz CT molecular complexity index is 634. The molecule has 0 atom stereocenters. The average molecular weight is 317 g/mol. The fourth-order valence-electron chi connectivity index (χ4n) is 1.38. The molecule has 1 aromatic carbocycles. The molecule has 94 valence electrons. The Morgan fingerprint density at radius 1 is 1.16 bits per heavy atom. The van der Waals surface area contributed by atoms with E-state index in [4.69, 9.17) is 5.26 Å². The highest BCUT2D eigenvalue weighted by molar-refractivity contribution is 9.10. The van der Waals surface area contributed by atoms with Crippen LogP contribution < -0.4 is 10.6 Å². The Morgan fingerprint density at radius 2 is 1.89 bits per heavy atom. The normalized spacial score (nSPS) is 9.47. The smallest absolute Gasteiger partial charge is 0.308 e. The molecule has 0 aliphatic heterocycles. The molecule has 2 aromatic rings. The zero-order valence-corrected chi connectivity index (χ0v) is 11.3. The van der Waals surface area contributed by atoms with Crippen molar-refractivity contribution >= 4 is 33.5 Å². The van der Waals surface area contributed by atoms with Gasteiger partial charge in [-0.1, -0.05) is 6.07 Å². The summed E-state index contributed by atoms with van der Waals surface area (Å²) in [6, 6.07) is 13.4. The highest BCUT2D eigenvalue weighted by Crippen LogP contribution is 2.12. The molecule has 0 radical (unpaired) electrons. The second-order valence-corrected chi connectivity index (χ2v) is 4.43. The lowest BCUT2D eigenvalue weighted by Crippen LogP contribution is -2.20. The Kier molecular flexibility index (Phi) is 4.11. The van der Waals surface area contributed by atoms with E-state index in [0.717, 1.165) is 0 Å². The summed E-state index contributed by atoms with van der Waals surface area (Å²) in [5.41, 5.74) is 1.14. The molecule has 2 N–H and O–H groups in total. The fourth-order valence-corrected chi connectivity index (χ4v) is 1.73. The van der Waals surface area contributed by atoms with Gasteiger partial charge in [0, 0.05) is 5.69 Å². The zero-order valence-electron chi connectivity index (χ0n) is 9.72. The van der Waals surface area contributed by atoms with Crippen molar-refractivity contribution in [2.75, 3.05) is 10.6 Å². The van der Waals surface area contributed by atoms with Crippen molar-refractivity contribution in [1.82, 2.24) is 4.98 Å². The first-order valence-corrected chi connectivity index (χ1v) is 6.17. The van der Waals surface area contributed by atoms with Crippen LogP contribution in [0.5, 0.6) is 0 Å². The largest absolute Gasteiger partial charge is 0.324 e. The summed E-state index contributed by atoms with van der Waals surface area (Å²) in [5.74, 6) is 0.445. The molecular formula is C13H9BrN4O. The van der Waals surface area contributed by atoms with Crippen molar-refractivity contribution in [3.63, 3.8) is 0 Å². The number of urea groups is 1. The van der Waals surface area contributed by atoms with Gasteiger partial charge in [-0.05, 0) is 52.3 Å². The molecule has 0 aliphatic rings. The molecule has 0 unspecified atom stereocenters. The fraction of sp³-hybridized carbons (Fsp3) is 0. The van der Waals surface area contributed by atoms with E-state index in [0.29, 0.717) is 21.7 Å². The van der Waals surface area contributed by atoms with Crippen LogP contribution in [0.15, 0.2) is 47.1 Å².